The van der Waals surface area contributed by atoms with E-state index in [1.165, 1.54) is 36.2 Å². The molecule has 3 N–H and O–H groups in total. The van der Waals surface area contributed by atoms with E-state index in [0.29, 0.717) is 11.9 Å². The van der Waals surface area contributed by atoms with E-state index in [1.807, 2.05) is 0 Å². The van der Waals surface area contributed by atoms with Gasteiger partial charge in [0.15, 0.2) is 0 Å². The van der Waals surface area contributed by atoms with Crippen LogP contribution >= 0.6 is 0 Å². The molecule has 1 fully saturated rings. The molecule has 4 nitrogen and oxygen atoms in total. The molecule has 1 aliphatic carbocycles. The molecule has 0 bridgehead atoms. The van der Waals surface area contributed by atoms with Crippen LogP contribution in [-0.2, 0) is 13.0 Å². The van der Waals surface area contributed by atoms with Gasteiger partial charge in [-0.05, 0) is 12.8 Å². The van der Waals surface area contributed by atoms with Gasteiger partial charge in [0.05, 0.1) is 11.4 Å². The van der Waals surface area contributed by atoms with Crippen LogP contribution in [0.15, 0.2) is 0 Å². The number of aromatic nitrogens is 2. The SMILES string of the molecule is Nc1nc2c(c(C3CCC3)n1)CNCC2. The Morgan fingerprint density at radius 1 is 1.27 bits per heavy atom. The average molecular weight is 204 g/mol. The number of nitrogens with one attached hydrogen (secondary N) is 1. The quantitative estimate of drug-likeness (QED) is 0.715. The summed E-state index contributed by atoms with van der Waals surface area (Å²) in [6, 6.07) is 0. The van der Waals surface area contributed by atoms with Gasteiger partial charge in [-0.25, -0.2) is 9.97 Å². The Morgan fingerprint density at radius 2 is 2.13 bits per heavy atom. The van der Waals surface area contributed by atoms with Crippen molar-refractivity contribution in [2.24, 2.45) is 0 Å². The standard InChI is InChI=1S/C11H16N4/c12-11-14-9-4-5-13-6-8(9)10(15-11)7-2-1-3-7/h7,13H,1-6H2,(H2,12,14,15). The van der Waals surface area contributed by atoms with Gasteiger partial charge in [0.1, 0.15) is 0 Å². The van der Waals surface area contributed by atoms with Gasteiger partial charge in [0.25, 0.3) is 0 Å². The predicted octanol–water partition coefficient (Wildman–Crippen LogP) is 0.972. The Bertz CT molecular complexity index is 384. The molecule has 2 aliphatic rings. The number of hydrogen-bond acceptors (Lipinski definition) is 4. The van der Waals surface area contributed by atoms with Crippen LogP contribution in [0.1, 0.15) is 42.1 Å². The van der Waals surface area contributed by atoms with Crippen molar-refractivity contribution in [2.75, 3.05) is 12.3 Å². The lowest BCUT2D eigenvalue weighted by Gasteiger charge is -2.29. The highest BCUT2D eigenvalue weighted by molar-refractivity contribution is 5.36. The highest BCUT2D eigenvalue weighted by Crippen LogP contribution is 2.38. The fourth-order valence-corrected chi connectivity index (χ4v) is 2.41. The summed E-state index contributed by atoms with van der Waals surface area (Å²) in [6.45, 7) is 1.93. The van der Waals surface area contributed by atoms with Gasteiger partial charge in [0.2, 0.25) is 5.95 Å². The zero-order chi connectivity index (χ0) is 10.3. The van der Waals surface area contributed by atoms with E-state index in [2.05, 4.69) is 15.3 Å². The van der Waals surface area contributed by atoms with Crippen LogP contribution in [0.3, 0.4) is 0 Å². The monoisotopic (exact) mass is 204 g/mol. The van der Waals surface area contributed by atoms with Crippen LogP contribution in [0.25, 0.3) is 0 Å². The van der Waals surface area contributed by atoms with Crippen LogP contribution in [0.4, 0.5) is 5.95 Å². The van der Waals surface area contributed by atoms with Crippen molar-refractivity contribution < 1.29 is 0 Å². The molecule has 2 heterocycles. The van der Waals surface area contributed by atoms with Crippen molar-refractivity contribution in [2.45, 2.75) is 38.1 Å². The van der Waals surface area contributed by atoms with Crippen LogP contribution in [0.2, 0.25) is 0 Å². The van der Waals surface area contributed by atoms with Crippen molar-refractivity contribution in [3.8, 4) is 0 Å². The zero-order valence-corrected chi connectivity index (χ0v) is 8.79. The second kappa shape index (κ2) is 3.45. The minimum atomic E-state index is 0.456. The smallest absolute Gasteiger partial charge is 0.220 e. The maximum atomic E-state index is 5.76. The third kappa shape index (κ3) is 1.49. The number of hydrogen-bond donors (Lipinski definition) is 2. The lowest BCUT2D eigenvalue weighted by Crippen LogP contribution is -2.28. The van der Waals surface area contributed by atoms with E-state index in [-0.39, 0.29) is 0 Å². The summed E-state index contributed by atoms with van der Waals surface area (Å²) in [4.78, 5) is 8.78. The number of fused-ring (bicyclic) bond motifs is 1. The first kappa shape index (κ1) is 9.09. The number of rotatable bonds is 1. The van der Waals surface area contributed by atoms with E-state index in [4.69, 9.17) is 5.73 Å². The summed E-state index contributed by atoms with van der Waals surface area (Å²) in [5.74, 6) is 1.10. The van der Waals surface area contributed by atoms with E-state index >= 15 is 0 Å². The van der Waals surface area contributed by atoms with Crippen LogP contribution in [-0.4, -0.2) is 16.5 Å². The largest absolute Gasteiger partial charge is 0.368 e. The molecule has 1 saturated carbocycles. The minimum Gasteiger partial charge on any atom is -0.368 e. The van der Waals surface area contributed by atoms with Gasteiger partial charge in [0, 0.05) is 31.0 Å². The van der Waals surface area contributed by atoms with Crippen molar-refractivity contribution in [1.82, 2.24) is 15.3 Å². The molecule has 4 heteroatoms. The molecule has 0 aromatic carbocycles. The highest BCUT2D eigenvalue weighted by Gasteiger charge is 2.27. The fourth-order valence-electron chi connectivity index (χ4n) is 2.41. The van der Waals surface area contributed by atoms with Gasteiger partial charge in [-0.3, -0.25) is 0 Å². The van der Waals surface area contributed by atoms with Gasteiger partial charge in [-0.15, -0.1) is 0 Å². The number of nitrogens with two attached hydrogens (primary N) is 1. The van der Waals surface area contributed by atoms with E-state index in [9.17, 15) is 0 Å². The average Bonchev–Trinajstić information content (AvgIpc) is 2.14. The molecular weight excluding hydrogens is 188 g/mol. The number of anilines is 1. The van der Waals surface area contributed by atoms with Crippen molar-refractivity contribution in [1.29, 1.82) is 0 Å². The molecule has 15 heavy (non-hydrogen) atoms. The number of nitrogen functional groups attached to an aromatic ring is 1. The van der Waals surface area contributed by atoms with E-state index in [1.54, 1.807) is 0 Å². The van der Waals surface area contributed by atoms with Crippen LogP contribution in [0.5, 0.6) is 0 Å². The molecule has 0 amide bonds. The van der Waals surface area contributed by atoms with E-state index < -0.39 is 0 Å². The van der Waals surface area contributed by atoms with Crippen LogP contribution in [0, 0.1) is 0 Å². The topological polar surface area (TPSA) is 63.8 Å². The summed E-state index contributed by atoms with van der Waals surface area (Å²) < 4.78 is 0. The molecule has 0 saturated heterocycles. The summed E-state index contributed by atoms with van der Waals surface area (Å²) in [5.41, 5.74) is 9.46. The Hall–Kier alpha value is -1.16. The van der Waals surface area contributed by atoms with Gasteiger partial charge >= 0.3 is 0 Å². The second-order valence-corrected chi connectivity index (χ2v) is 4.45. The lowest BCUT2D eigenvalue weighted by atomic mass is 9.80. The van der Waals surface area contributed by atoms with Gasteiger partial charge in [-0.2, -0.15) is 0 Å². The number of nitrogens with zero attached hydrogens (tertiary/aromatic N) is 2. The Labute approximate surface area is 89.3 Å². The molecule has 1 aromatic heterocycles. The zero-order valence-electron chi connectivity index (χ0n) is 8.79. The fraction of sp³-hybridized carbons (Fsp3) is 0.636. The molecule has 0 radical (unpaired) electrons. The maximum absolute atomic E-state index is 5.76. The van der Waals surface area contributed by atoms with Crippen LogP contribution < -0.4 is 11.1 Å². The Morgan fingerprint density at radius 3 is 2.87 bits per heavy atom. The molecule has 0 spiro atoms. The molecule has 1 aromatic rings. The minimum absolute atomic E-state index is 0.456. The summed E-state index contributed by atoms with van der Waals surface area (Å²) in [5, 5.41) is 3.38. The first-order chi connectivity index (χ1) is 7.34. The summed E-state index contributed by atoms with van der Waals surface area (Å²) >= 11 is 0. The van der Waals surface area contributed by atoms with Crippen molar-refractivity contribution in [3.63, 3.8) is 0 Å². The van der Waals surface area contributed by atoms with E-state index in [0.717, 1.165) is 19.5 Å². The summed E-state index contributed by atoms with van der Waals surface area (Å²) in [6.07, 6.45) is 4.85. The normalized spacial score (nSPS) is 20.8. The Kier molecular flexibility index (Phi) is 2.09. The molecular formula is C11H16N4. The molecule has 80 valence electrons. The van der Waals surface area contributed by atoms with Crippen molar-refractivity contribution in [3.05, 3.63) is 17.0 Å². The molecule has 0 atom stereocenters. The second-order valence-electron chi connectivity index (χ2n) is 4.45. The molecule has 0 unspecified atom stereocenters. The summed E-state index contributed by atoms with van der Waals surface area (Å²) in [7, 11) is 0. The van der Waals surface area contributed by atoms with Gasteiger partial charge < -0.3 is 11.1 Å². The highest BCUT2D eigenvalue weighted by atomic mass is 15.0. The first-order valence-electron chi connectivity index (χ1n) is 5.70. The van der Waals surface area contributed by atoms with Gasteiger partial charge in [-0.1, -0.05) is 6.42 Å². The molecule has 1 aliphatic heterocycles. The third-order valence-electron chi connectivity index (χ3n) is 3.47. The Balaban J connectivity index is 2.06. The van der Waals surface area contributed by atoms with Crippen molar-refractivity contribution >= 4 is 5.95 Å². The lowest BCUT2D eigenvalue weighted by molar-refractivity contribution is 0.404. The predicted molar refractivity (Wildman–Crippen MR) is 58.4 cm³/mol. The maximum Gasteiger partial charge on any atom is 0.220 e. The third-order valence-corrected chi connectivity index (χ3v) is 3.47. The molecule has 3 rings (SSSR count). The first-order valence-corrected chi connectivity index (χ1v) is 5.70.